The third kappa shape index (κ3) is 4.09. The van der Waals surface area contributed by atoms with Crippen molar-refractivity contribution in [2.45, 2.75) is 25.8 Å². The van der Waals surface area contributed by atoms with Crippen LogP contribution >= 0.6 is 0 Å². The summed E-state index contributed by atoms with van der Waals surface area (Å²) in [6.45, 7) is 3.23. The molecule has 3 rings (SSSR count). The summed E-state index contributed by atoms with van der Waals surface area (Å²) in [6.07, 6.45) is 3.74. The van der Waals surface area contributed by atoms with E-state index in [1.807, 2.05) is 12.1 Å². The first-order valence-electron chi connectivity index (χ1n) is 8.76. The van der Waals surface area contributed by atoms with Crippen molar-refractivity contribution < 1.29 is 9.47 Å². The van der Waals surface area contributed by atoms with E-state index < -0.39 is 0 Å². The van der Waals surface area contributed by atoms with E-state index in [2.05, 4.69) is 41.3 Å². The molecule has 1 aliphatic heterocycles. The molecule has 0 aliphatic carbocycles. The molecule has 0 atom stereocenters. The lowest BCUT2D eigenvalue weighted by Gasteiger charge is -2.32. The molecule has 0 radical (unpaired) electrons. The predicted octanol–water partition coefficient (Wildman–Crippen LogP) is 4.16. The monoisotopic (exact) mass is 325 g/mol. The Hall–Kier alpha value is -2.00. The van der Waals surface area contributed by atoms with E-state index in [-0.39, 0.29) is 0 Å². The van der Waals surface area contributed by atoms with Gasteiger partial charge in [-0.05, 0) is 49.9 Å². The summed E-state index contributed by atoms with van der Waals surface area (Å²) in [5.41, 5.74) is 2.67. The molecule has 3 nitrogen and oxygen atoms in total. The highest BCUT2D eigenvalue weighted by Crippen LogP contribution is 2.32. The van der Waals surface area contributed by atoms with Crippen molar-refractivity contribution in [3.05, 3.63) is 59.7 Å². The summed E-state index contributed by atoms with van der Waals surface area (Å²) in [7, 11) is 3.41. The van der Waals surface area contributed by atoms with Crippen LogP contribution in [0.4, 0.5) is 0 Å². The Balaban J connectivity index is 1.56. The summed E-state index contributed by atoms with van der Waals surface area (Å²) < 4.78 is 11.0. The number of benzene rings is 2. The Bertz CT molecular complexity index is 634. The van der Waals surface area contributed by atoms with Gasteiger partial charge in [-0.15, -0.1) is 0 Å². The van der Waals surface area contributed by atoms with Gasteiger partial charge in [0.1, 0.15) is 0 Å². The molecular formula is C21H27NO2. The molecule has 0 bridgehead atoms. The van der Waals surface area contributed by atoms with Crippen LogP contribution in [0.15, 0.2) is 48.5 Å². The van der Waals surface area contributed by atoms with Gasteiger partial charge in [0.05, 0.1) is 14.2 Å². The second-order valence-electron chi connectivity index (χ2n) is 6.56. The first-order chi connectivity index (χ1) is 11.8. The third-order valence-corrected chi connectivity index (χ3v) is 4.95. The molecule has 0 amide bonds. The fraction of sp³-hybridized carbons (Fsp3) is 0.429. The van der Waals surface area contributed by atoms with Crippen molar-refractivity contribution in [2.24, 2.45) is 5.92 Å². The van der Waals surface area contributed by atoms with Gasteiger partial charge in [-0.3, -0.25) is 4.90 Å². The maximum absolute atomic E-state index is 5.56. The molecule has 2 aromatic carbocycles. The summed E-state index contributed by atoms with van der Waals surface area (Å²) >= 11 is 0. The van der Waals surface area contributed by atoms with Gasteiger partial charge in [0.25, 0.3) is 0 Å². The van der Waals surface area contributed by atoms with Crippen molar-refractivity contribution >= 4 is 0 Å². The first-order valence-corrected chi connectivity index (χ1v) is 8.76. The number of rotatable bonds is 6. The van der Waals surface area contributed by atoms with Crippen molar-refractivity contribution in [1.82, 2.24) is 4.90 Å². The predicted molar refractivity (Wildman–Crippen MR) is 97.7 cm³/mol. The molecule has 0 saturated carbocycles. The maximum Gasteiger partial charge on any atom is 0.165 e. The standard InChI is InChI=1S/C21H27NO2/c1-23-20-10-6-9-19(21(20)24-2)16-22-13-11-18(12-14-22)15-17-7-4-3-5-8-17/h3-10,18H,11-16H2,1-2H3. The van der Waals surface area contributed by atoms with Crippen LogP contribution in [-0.2, 0) is 13.0 Å². The van der Waals surface area contributed by atoms with E-state index in [4.69, 9.17) is 9.47 Å². The largest absolute Gasteiger partial charge is 0.493 e. The average Bonchev–Trinajstić information content (AvgIpc) is 2.64. The van der Waals surface area contributed by atoms with Crippen LogP contribution in [0.2, 0.25) is 0 Å². The van der Waals surface area contributed by atoms with Crippen LogP contribution in [0, 0.1) is 5.92 Å². The summed E-state index contributed by atoms with van der Waals surface area (Å²) in [6, 6.07) is 17.0. The lowest BCUT2D eigenvalue weighted by atomic mass is 9.90. The highest BCUT2D eigenvalue weighted by Gasteiger charge is 2.21. The van der Waals surface area contributed by atoms with Crippen molar-refractivity contribution in [2.75, 3.05) is 27.3 Å². The Kier molecular flexibility index (Phi) is 5.76. The quantitative estimate of drug-likeness (QED) is 0.796. The molecule has 24 heavy (non-hydrogen) atoms. The van der Waals surface area contributed by atoms with Gasteiger partial charge in [-0.2, -0.15) is 0 Å². The zero-order valence-electron chi connectivity index (χ0n) is 14.7. The normalized spacial score (nSPS) is 16.1. The molecule has 2 aromatic rings. The van der Waals surface area contributed by atoms with Crippen LogP contribution in [0.1, 0.15) is 24.0 Å². The van der Waals surface area contributed by atoms with Gasteiger partial charge < -0.3 is 9.47 Å². The second-order valence-corrected chi connectivity index (χ2v) is 6.56. The zero-order chi connectivity index (χ0) is 16.8. The average molecular weight is 325 g/mol. The van der Waals surface area contributed by atoms with Gasteiger partial charge in [0.2, 0.25) is 0 Å². The summed E-state index contributed by atoms with van der Waals surface area (Å²) in [5, 5.41) is 0. The Morgan fingerprint density at radius 3 is 2.33 bits per heavy atom. The van der Waals surface area contributed by atoms with Crippen molar-refractivity contribution in [3.8, 4) is 11.5 Å². The van der Waals surface area contributed by atoms with Crippen molar-refractivity contribution in [3.63, 3.8) is 0 Å². The van der Waals surface area contributed by atoms with Crippen LogP contribution < -0.4 is 9.47 Å². The van der Waals surface area contributed by atoms with E-state index >= 15 is 0 Å². The minimum atomic E-state index is 0.802. The number of para-hydroxylation sites is 1. The van der Waals surface area contributed by atoms with Crippen LogP contribution in [0.5, 0.6) is 11.5 Å². The van der Waals surface area contributed by atoms with Gasteiger partial charge in [0, 0.05) is 12.1 Å². The van der Waals surface area contributed by atoms with Crippen LogP contribution in [0.25, 0.3) is 0 Å². The van der Waals surface area contributed by atoms with Gasteiger partial charge in [-0.25, -0.2) is 0 Å². The maximum atomic E-state index is 5.56. The zero-order valence-corrected chi connectivity index (χ0v) is 14.7. The molecule has 3 heteroatoms. The van der Waals surface area contributed by atoms with Gasteiger partial charge in [0.15, 0.2) is 11.5 Å². The molecule has 1 fully saturated rings. The molecular weight excluding hydrogens is 298 g/mol. The van der Waals surface area contributed by atoms with Crippen LogP contribution in [0.3, 0.4) is 0 Å². The summed E-state index contributed by atoms with van der Waals surface area (Å²) in [5.74, 6) is 2.48. The molecule has 0 N–H and O–H groups in total. The number of methoxy groups -OCH3 is 2. The number of ether oxygens (including phenoxy) is 2. The van der Waals surface area contributed by atoms with E-state index in [0.717, 1.165) is 37.1 Å². The number of hydrogen-bond donors (Lipinski definition) is 0. The molecule has 0 unspecified atom stereocenters. The molecule has 1 saturated heterocycles. The third-order valence-electron chi connectivity index (χ3n) is 4.95. The lowest BCUT2D eigenvalue weighted by molar-refractivity contribution is 0.175. The molecule has 128 valence electrons. The topological polar surface area (TPSA) is 21.7 Å². The molecule has 1 aliphatic rings. The Labute approximate surface area is 145 Å². The van der Waals surface area contributed by atoms with Gasteiger partial charge in [-0.1, -0.05) is 42.5 Å². The SMILES string of the molecule is COc1cccc(CN2CCC(Cc3ccccc3)CC2)c1OC. The second kappa shape index (κ2) is 8.20. The minimum Gasteiger partial charge on any atom is -0.493 e. The lowest BCUT2D eigenvalue weighted by Crippen LogP contribution is -2.34. The molecule has 1 heterocycles. The minimum absolute atomic E-state index is 0.802. The number of piperidine rings is 1. The highest BCUT2D eigenvalue weighted by molar-refractivity contribution is 5.46. The smallest absolute Gasteiger partial charge is 0.165 e. The summed E-state index contributed by atoms with van der Waals surface area (Å²) in [4.78, 5) is 2.53. The van der Waals surface area contributed by atoms with E-state index in [1.165, 1.54) is 30.4 Å². The molecule has 0 spiro atoms. The van der Waals surface area contributed by atoms with E-state index in [0.29, 0.717) is 0 Å². The van der Waals surface area contributed by atoms with Gasteiger partial charge >= 0.3 is 0 Å². The number of nitrogens with zero attached hydrogens (tertiary/aromatic N) is 1. The molecule has 0 aromatic heterocycles. The Morgan fingerprint density at radius 2 is 1.67 bits per heavy atom. The van der Waals surface area contributed by atoms with E-state index in [1.54, 1.807) is 14.2 Å². The Morgan fingerprint density at radius 1 is 0.917 bits per heavy atom. The van der Waals surface area contributed by atoms with E-state index in [9.17, 15) is 0 Å². The number of hydrogen-bond acceptors (Lipinski definition) is 3. The fourth-order valence-corrected chi connectivity index (χ4v) is 3.62. The van der Waals surface area contributed by atoms with Crippen molar-refractivity contribution in [1.29, 1.82) is 0 Å². The first kappa shape index (κ1) is 16.8. The fourth-order valence-electron chi connectivity index (χ4n) is 3.62. The van der Waals surface area contributed by atoms with Crippen LogP contribution in [-0.4, -0.2) is 32.2 Å². The number of likely N-dealkylation sites (tertiary alicyclic amines) is 1. The highest BCUT2D eigenvalue weighted by atomic mass is 16.5.